The molecule has 1 N–H and O–H groups in total. The number of aryl methyl sites for hydroxylation is 1. The van der Waals surface area contributed by atoms with Crippen LogP contribution < -0.4 is 10.1 Å². The van der Waals surface area contributed by atoms with Gasteiger partial charge in [0.05, 0.1) is 13.7 Å². The van der Waals surface area contributed by atoms with Crippen LogP contribution in [0.4, 0.5) is 0 Å². The molecule has 0 aliphatic carbocycles. The Morgan fingerprint density at radius 3 is 2.46 bits per heavy atom. The largest absolute Gasteiger partial charge is 0.497 e. The summed E-state index contributed by atoms with van der Waals surface area (Å²) in [6.45, 7) is 2.99. The Hall–Kier alpha value is -2.77. The van der Waals surface area contributed by atoms with Gasteiger partial charge in [0.1, 0.15) is 5.75 Å². The van der Waals surface area contributed by atoms with E-state index in [1.807, 2.05) is 37.3 Å². The monoisotopic (exact) mass is 323 g/mol. The van der Waals surface area contributed by atoms with Crippen molar-refractivity contribution in [3.05, 3.63) is 64.7 Å². The molecule has 0 saturated carbocycles. The molecule has 24 heavy (non-hydrogen) atoms. The first-order valence-electron chi connectivity index (χ1n) is 7.68. The van der Waals surface area contributed by atoms with Gasteiger partial charge in [0.25, 0.3) is 5.91 Å². The molecule has 0 aliphatic rings. The Balaban J connectivity index is 2.06. The van der Waals surface area contributed by atoms with E-state index in [4.69, 9.17) is 9.47 Å². The highest BCUT2D eigenvalue weighted by Crippen LogP contribution is 2.16. The number of carbonyl (C=O) groups is 1. The lowest BCUT2D eigenvalue weighted by Gasteiger charge is -2.04. The SMILES string of the molecule is COCCNC(=O)c1ccc(C#Cc2ccc(OC)cc2C)cc1. The van der Waals surface area contributed by atoms with Crippen LogP contribution in [0, 0.1) is 18.8 Å². The molecule has 1 amide bonds. The van der Waals surface area contributed by atoms with Crippen LogP contribution in [0.3, 0.4) is 0 Å². The summed E-state index contributed by atoms with van der Waals surface area (Å²) in [4.78, 5) is 11.9. The summed E-state index contributed by atoms with van der Waals surface area (Å²) >= 11 is 0. The average molecular weight is 323 g/mol. The van der Waals surface area contributed by atoms with Gasteiger partial charge < -0.3 is 14.8 Å². The number of hydrogen-bond acceptors (Lipinski definition) is 3. The fourth-order valence-electron chi connectivity index (χ4n) is 2.12. The number of amides is 1. The second kappa shape index (κ2) is 8.76. The smallest absolute Gasteiger partial charge is 0.251 e. The van der Waals surface area contributed by atoms with Gasteiger partial charge in [-0.1, -0.05) is 11.8 Å². The molecule has 0 unspecified atom stereocenters. The lowest BCUT2D eigenvalue weighted by molar-refractivity contribution is 0.0937. The standard InChI is InChI=1S/C20H21NO3/c1-15-14-19(24-3)11-10-17(15)7-4-16-5-8-18(9-6-16)20(22)21-12-13-23-2/h5-6,8-11,14H,12-13H2,1-3H3,(H,21,22). The van der Waals surface area contributed by atoms with Crippen molar-refractivity contribution in [3.63, 3.8) is 0 Å². The van der Waals surface area contributed by atoms with E-state index in [2.05, 4.69) is 17.2 Å². The van der Waals surface area contributed by atoms with Crippen LogP contribution in [-0.2, 0) is 4.74 Å². The number of nitrogens with one attached hydrogen (secondary N) is 1. The summed E-state index contributed by atoms with van der Waals surface area (Å²) < 4.78 is 10.1. The minimum absolute atomic E-state index is 0.113. The van der Waals surface area contributed by atoms with Crippen molar-refractivity contribution in [2.75, 3.05) is 27.4 Å². The second-order valence-corrected chi connectivity index (χ2v) is 5.26. The van der Waals surface area contributed by atoms with Crippen LogP contribution in [0.5, 0.6) is 5.75 Å². The van der Waals surface area contributed by atoms with E-state index in [-0.39, 0.29) is 5.91 Å². The lowest BCUT2D eigenvalue weighted by Crippen LogP contribution is -2.26. The third kappa shape index (κ3) is 4.87. The topological polar surface area (TPSA) is 47.6 Å². The maximum Gasteiger partial charge on any atom is 0.251 e. The summed E-state index contributed by atoms with van der Waals surface area (Å²) in [6.07, 6.45) is 0. The minimum Gasteiger partial charge on any atom is -0.497 e. The highest BCUT2D eigenvalue weighted by atomic mass is 16.5. The molecule has 0 aliphatic heterocycles. The van der Waals surface area contributed by atoms with Crippen molar-refractivity contribution >= 4 is 5.91 Å². The molecule has 4 nitrogen and oxygen atoms in total. The summed E-state index contributed by atoms with van der Waals surface area (Å²) in [5, 5.41) is 2.78. The maximum atomic E-state index is 11.9. The van der Waals surface area contributed by atoms with E-state index in [0.717, 1.165) is 22.4 Å². The van der Waals surface area contributed by atoms with Gasteiger partial charge in [0.15, 0.2) is 0 Å². The average Bonchev–Trinajstić information content (AvgIpc) is 2.61. The molecular formula is C20H21NO3. The number of benzene rings is 2. The van der Waals surface area contributed by atoms with E-state index < -0.39 is 0 Å². The number of hydrogen-bond donors (Lipinski definition) is 1. The van der Waals surface area contributed by atoms with Gasteiger partial charge in [-0.05, 0) is 55.0 Å². The number of rotatable bonds is 5. The molecule has 0 saturated heterocycles. The lowest BCUT2D eigenvalue weighted by atomic mass is 10.1. The minimum atomic E-state index is -0.113. The van der Waals surface area contributed by atoms with E-state index in [0.29, 0.717) is 18.7 Å². The van der Waals surface area contributed by atoms with E-state index in [1.54, 1.807) is 26.4 Å². The van der Waals surface area contributed by atoms with Crippen molar-refractivity contribution < 1.29 is 14.3 Å². The summed E-state index contributed by atoms with van der Waals surface area (Å²) in [7, 11) is 3.25. The summed E-state index contributed by atoms with van der Waals surface area (Å²) in [5.41, 5.74) is 3.49. The third-order valence-electron chi connectivity index (χ3n) is 3.51. The molecule has 2 rings (SSSR count). The third-order valence-corrected chi connectivity index (χ3v) is 3.51. The van der Waals surface area contributed by atoms with Gasteiger partial charge in [0, 0.05) is 30.3 Å². The van der Waals surface area contributed by atoms with E-state index >= 15 is 0 Å². The van der Waals surface area contributed by atoms with Gasteiger partial charge in [-0.15, -0.1) is 0 Å². The Labute approximate surface area is 142 Å². The van der Waals surface area contributed by atoms with Crippen LogP contribution >= 0.6 is 0 Å². The van der Waals surface area contributed by atoms with Crippen LogP contribution in [0.1, 0.15) is 27.0 Å². The number of methoxy groups -OCH3 is 2. The van der Waals surface area contributed by atoms with Crippen molar-refractivity contribution in [3.8, 4) is 17.6 Å². The molecule has 0 spiro atoms. The van der Waals surface area contributed by atoms with Gasteiger partial charge >= 0.3 is 0 Å². The first kappa shape index (κ1) is 17.6. The predicted molar refractivity (Wildman–Crippen MR) is 94.4 cm³/mol. The molecule has 0 atom stereocenters. The van der Waals surface area contributed by atoms with Crippen molar-refractivity contribution in [2.45, 2.75) is 6.92 Å². The summed E-state index contributed by atoms with van der Waals surface area (Å²) in [5.74, 6) is 6.97. The Bertz CT molecular complexity index is 755. The molecule has 2 aromatic carbocycles. The molecule has 0 aromatic heterocycles. The van der Waals surface area contributed by atoms with Gasteiger partial charge in [0.2, 0.25) is 0 Å². The first-order chi connectivity index (χ1) is 11.6. The normalized spacial score (nSPS) is 9.79. The van der Waals surface area contributed by atoms with Crippen LogP contribution in [0.15, 0.2) is 42.5 Å². The zero-order valence-corrected chi connectivity index (χ0v) is 14.2. The first-order valence-corrected chi connectivity index (χ1v) is 7.68. The fraction of sp³-hybridized carbons (Fsp3) is 0.250. The van der Waals surface area contributed by atoms with E-state index in [9.17, 15) is 4.79 Å². The fourth-order valence-corrected chi connectivity index (χ4v) is 2.12. The molecular weight excluding hydrogens is 302 g/mol. The van der Waals surface area contributed by atoms with E-state index in [1.165, 1.54) is 0 Å². The molecule has 4 heteroatoms. The van der Waals surface area contributed by atoms with Crippen LogP contribution in [-0.4, -0.2) is 33.3 Å². The quantitative estimate of drug-likeness (QED) is 0.680. The van der Waals surface area contributed by atoms with Crippen LogP contribution in [0.25, 0.3) is 0 Å². The Morgan fingerprint density at radius 2 is 1.83 bits per heavy atom. The molecule has 0 fully saturated rings. The Kier molecular flexibility index (Phi) is 6.41. The van der Waals surface area contributed by atoms with Gasteiger partial charge in [-0.3, -0.25) is 4.79 Å². The van der Waals surface area contributed by atoms with Gasteiger partial charge in [-0.25, -0.2) is 0 Å². The van der Waals surface area contributed by atoms with Crippen molar-refractivity contribution in [1.29, 1.82) is 0 Å². The number of carbonyl (C=O) groups excluding carboxylic acids is 1. The highest BCUT2D eigenvalue weighted by Gasteiger charge is 2.03. The molecule has 0 heterocycles. The molecule has 2 aromatic rings. The second-order valence-electron chi connectivity index (χ2n) is 5.26. The summed E-state index contributed by atoms with van der Waals surface area (Å²) in [6, 6.07) is 13.0. The Morgan fingerprint density at radius 1 is 1.08 bits per heavy atom. The van der Waals surface area contributed by atoms with Crippen molar-refractivity contribution in [2.24, 2.45) is 0 Å². The zero-order valence-electron chi connectivity index (χ0n) is 14.2. The molecule has 124 valence electrons. The van der Waals surface area contributed by atoms with Crippen molar-refractivity contribution in [1.82, 2.24) is 5.32 Å². The molecule has 0 bridgehead atoms. The van der Waals surface area contributed by atoms with Crippen LogP contribution in [0.2, 0.25) is 0 Å². The predicted octanol–water partition coefficient (Wildman–Crippen LogP) is 2.78. The highest BCUT2D eigenvalue weighted by molar-refractivity contribution is 5.94. The zero-order chi connectivity index (χ0) is 17.4. The molecule has 0 radical (unpaired) electrons. The maximum absolute atomic E-state index is 11.9. The number of ether oxygens (including phenoxy) is 2. The van der Waals surface area contributed by atoms with Gasteiger partial charge in [-0.2, -0.15) is 0 Å².